The van der Waals surface area contributed by atoms with Crippen molar-refractivity contribution in [3.63, 3.8) is 0 Å². The first-order valence-electron chi connectivity index (χ1n) is 5.88. The molecule has 0 amide bonds. The van der Waals surface area contributed by atoms with Gasteiger partial charge in [-0.15, -0.1) is 23.1 Å². The summed E-state index contributed by atoms with van der Waals surface area (Å²) >= 11 is 3.04. The van der Waals surface area contributed by atoms with Crippen molar-refractivity contribution in [2.24, 2.45) is 5.92 Å². The minimum atomic E-state index is -0.341. The fourth-order valence-corrected chi connectivity index (χ4v) is 4.32. The molecular weight excluding hydrogens is 268 g/mol. The number of hydrogen-bond donors (Lipinski definition) is 1. The lowest BCUT2D eigenvalue weighted by atomic mass is 10.2. The number of thioether (sulfide) groups is 1. The SMILES string of the molecule is COC(=O)c1sc(N2CCC(C)C2)c(SC)c1N. The maximum absolute atomic E-state index is 11.7. The molecular formula is C12H18N2O2S2. The molecule has 1 aliphatic rings. The van der Waals surface area contributed by atoms with Gasteiger partial charge in [0.1, 0.15) is 9.88 Å². The number of hydrogen-bond acceptors (Lipinski definition) is 6. The number of ether oxygens (including phenoxy) is 1. The van der Waals surface area contributed by atoms with Crippen molar-refractivity contribution in [1.82, 2.24) is 0 Å². The van der Waals surface area contributed by atoms with Crippen molar-refractivity contribution in [3.8, 4) is 0 Å². The summed E-state index contributed by atoms with van der Waals surface area (Å²) in [7, 11) is 1.39. The molecule has 0 radical (unpaired) electrons. The van der Waals surface area contributed by atoms with Crippen LogP contribution in [0.4, 0.5) is 10.7 Å². The van der Waals surface area contributed by atoms with Gasteiger partial charge in [-0.25, -0.2) is 4.79 Å². The van der Waals surface area contributed by atoms with Crippen LogP contribution in [-0.2, 0) is 4.74 Å². The number of carbonyl (C=O) groups excluding carboxylic acids is 1. The lowest BCUT2D eigenvalue weighted by Gasteiger charge is -2.17. The summed E-state index contributed by atoms with van der Waals surface area (Å²) in [6.07, 6.45) is 3.18. The lowest BCUT2D eigenvalue weighted by Crippen LogP contribution is -2.18. The summed E-state index contributed by atoms with van der Waals surface area (Å²) in [6, 6.07) is 0. The van der Waals surface area contributed by atoms with E-state index in [-0.39, 0.29) is 5.97 Å². The fourth-order valence-electron chi connectivity index (χ4n) is 2.19. The third-order valence-corrected chi connectivity index (χ3v) is 5.37. The predicted octanol–water partition coefficient (Wildman–Crippen LogP) is 2.69. The van der Waals surface area contributed by atoms with Gasteiger partial charge in [0.15, 0.2) is 0 Å². The third-order valence-electron chi connectivity index (χ3n) is 3.17. The molecule has 1 aromatic rings. The molecule has 4 nitrogen and oxygen atoms in total. The Labute approximate surface area is 115 Å². The van der Waals surface area contributed by atoms with Crippen molar-refractivity contribution in [3.05, 3.63) is 4.88 Å². The van der Waals surface area contributed by atoms with Gasteiger partial charge in [0.2, 0.25) is 0 Å². The van der Waals surface area contributed by atoms with Crippen molar-refractivity contribution in [1.29, 1.82) is 0 Å². The molecule has 0 aromatic carbocycles. The Morgan fingerprint density at radius 3 is 2.83 bits per heavy atom. The molecule has 0 spiro atoms. The van der Waals surface area contributed by atoms with Crippen LogP contribution in [0.2, 0.25) is 0 Å². The van der Waals surface area contributed by atoms with Gasteiger partial charge in [0.05, 0.1) is 17.7 Å². The van der Waals surface area contributed by atoms with E-state index >= 15 is 0 Å². The van der Waals surface area contributed by atoms with E-state index < -0.39 is 0 Å². The minimum absolute atomic E-state index is 0.341. The highest BCUT2D eigenvalue weighted by atomic mass is 32.2. The highest BCUT2D eigenvalue weighted by molar-refractivity contribution is 7.99. The van der Waals surface area contributed by atoms with Crippen molar-refractivity contribution < 1.29 is 9.53 Å². The second kappa shape index (κ2) is 5.40. The van der Waals surface area contributed by atoms with Crippen LogP contribution in [-0.4, -0.2) is 32.4 Å². The number of nitrogen functional groups attached to an aromatic ring is 1. The summed E-state index contributed by atoms with van der Waals surface area (Å²) in [5.41, 5.74) is 6.62. The highest BCUT2D eigenvalue weighted by Crippen LogP contribution is 2.45. The Bertz CT molecular complexity index is 459. The van der Waals surface area contributed by atoms with Gasteiger partial charge >= 0.3 is 5.97 Å². The molecule has 1 fully saturated rings. The minimum Gasteiger partial charge on any atom is -0.465 e. The smallest absolute Gasteiger partial charge is 0.350 e. The zero-order valence-electron chi connectivity index (χ0n) is 10.9. The van der Waals surface area contributed by atoms with Crippen LogP contribution in [0.25, 0.3) is 0 Å². The summed E-state index contributed by atoms with van der Waals surface area (Å²) in [4.78, 5) is 15.5. The molecule has 1 atom stereocenters. The number of methoxy groups -OCH3 is 1. The third kappa shape index (κ3) is 2.31. The number of esters is 1. The van der Waals surface area contributed by atoms with Crippen LogP contribution in [0.15, 0.2) is 4.90 Å². The van der Waals surface area contributed by atoms with Gasteiger partial charge in [0.25, 0.3) is 0 Å². The maximum atomic E-state index is 11.7. The number of nitrogens with two attached hydrogens (primary N) is 1. The molecule has 0 bridgehead atoms. The van der Waals surface area contributed by atoms with Crippen LogP contribution < -0.4 is 10.6 Å². The quantitative estimate of drug-likeness (QED) is 0.684. The number of carbonyl (C=O) groups is 1. The normalized spacial score (nSPS) is 19.3. The van der Waals surface area contributed by atoms with Crippen LogP contribution in [0, 0.1) is 5.92 Å². The molecule has 1 unspecified atom stereocenters. The van der Waals surface area contributed by atoms with Gasteiger partial charge in [-0.05, 0) is 18.6 Å². The number of thiophene rings is 1. The largest absolute Gasteiger partial charge is 0.465 e. The van der Waals surface area contributed by atoms with Gasteiger partial charge in [-0.2, -0.15) is 0 Å². The molecule has 18 heavy (non-hydrogen) atoms. The van der Waals surface area contributed by atoms with Crippen LogP contribution in [0.3, 0.4) is 0 Å². The Morgan fingerprint density at radius 1 is 1.61 bits per heavy atom. The van der Waals surface area contributed by atoms with Gasteiger partial charge in [-0.1, -0.05) is 6.92 Å². The van der Waals surface area contributed by atoms with E-state index in [9.17, 15) is 4.79 Å². The standard InChI is InChI=1S/C12H18N2O2S2/c1-7-4-5-14(6-7)11-9(17-3)8(13)10(18-11)12(15)16-2/h7H,4-6,13H2,1-3H3. The zero-order valence-corrected chi connectivity index (χ0v) is 12.5. The Hall–Kier alpha value is -0.880. The summed E-state index contributed by atoms with van der Waals surface area (Å²) < 4.78 is 4.78. The molecule has 1 saturated heterocycles. The van der Waals surface area contributed by atoms with E-state index in [0.717, 1.165) is 23.0 Å². The van der Waals surface area contributed by atoms with Crippen molar-refractivity contribution in [2.75, 3.05) is 37.1 Å². The molecule has 6 heteroatoms. The van der Waals surface area contributed by atoms with Crippen LogP contribution in [0.1, 0.15) is 23.0 Å². The van der Waals surface area contributed by atoms with Gasteiger partial charge < -0.3 is 15.4 Å². The highest BCUT2D eigenvalue weighted by Gasteiger charge is 2.27. The Kier molecular flexibility index (Phi) is 4.07. The molecule has 2 heterocycles. The van der Waals surface area contributed by atoms with Crippen LogP contribution in [0.5, 0.6) is 0 Å². The van der Waals surface area contributed by atoms with Crippen molar-refractivity contribution in [2.45, 2.75) is 18.2 Å². The first kappa shape index (κ1) is 13.5. The molecule has 0 aliphatic carbocycles. The van der Waals surface area contributed by atoms with E-state index in [1.807, 2.05) is 6.26 Å². The molecule has 100 valence electrons. The molecule has 1 aliphatic heterocycles. The van der Waals surface area contributed by atoms with Gasteiger partial charge in [0, 0.05) is 13.1 Å². The number of nitrogens with zero attached hydrogens (tertiary/aromatic N) is 1. The monoisotopic (exact) mass is 286 g/mol. The number of rotatable bonds is 3. The average molecular weight is 286 g/mol. The van der Waals surface area contributed by atoms with Gasteiger partial charge in [-0.3, -0.25) is 0 Å². The summed E-state index contributed by atoms with van der Waals surface area (Å²) in [5.74, 6) is 0.357. The first-order chi connectivity index (χ1) is 8.58. The second-order valence-corrected chi connectivity index (χ2v) is 6.33. The van der Waals surface area contributed by atoms with E-state index in [2.05, 4.69) is 11.8 Å². The van der Waals surface area contributed by atoms with E-state index in [1.54, 1.807) is 11.8 Å². The molecule has 0 saturated carbocycles. The molecule has 2 N–H and O–H groups in total. The van der Waals surface area contributed by atoms with Crippen LogP contribution >= 0.6 is 23.1 Å². The first-order valence-corrected chi connectivity index (χ1v) is 7.92. The van der Waals surface area contributed by atoms with E-state index in [0.29, 0.717) is 16.5 Å². The summed E-state index contributed by atoms with van der Waals surface area (Å²) in [5, 5.41) is 1.12. The maximum Gasteiger partial charge on any atom is 0.350 e. The molecule has 1 aromatic heterocycles. The Morgan fingerprint density at radius 2 is 2.33 bits per heavy atom. The van der Waals surface area contributed by atoms with Crippen molar-refractivity contribution >= 4 is 39.8 Å². The number of anilines is 2. The molecule has 2 rings (SSSR count). The van der Waals surface area contributed by atoms with E-state index in [1.165, 1.54) is 24.9 Å². The average Bonchev–Trinajstić information content (AvgIpc) is 2.92. The topological polar surface area (TPSA) is 55.6 Å². The van der Waals surface area contributed by atoms with E-state index in [4.69, 9.17) is 10.5 Å². The second-order valence-electron chi connectivity index (χ2n) is 4.51. The fraction of sp³-hybridized carbons (Fsp3) is 0.583. The predicted molar refractivity (Wildman–Crippen MR) is 77.8 cm³/mol. The zero-order chi connectivity index (χ0) is 13.3. The Balaban J connectivity index is 2.38. The summed E-state index contributed by atoms with van der Waals surface area (Å²) in [6.45, 7) is 4.32. The lowest BCUT2D eigenvalue weighted by molar-refractivity contribution is 0.0607.